The van der Waals surface area contributed by atoms with Crippen LogP contribution in [0.2, 0.25) is 0 Å². The standard InChI is InChI=1S/C17H14F3N5O/c18-17(19,20)16(23-24-16)12-6-8-25(9-7-12)15-13(10-21)22-14(26-15)11-4-2-1-3-5-11/h1-5,12H,6-9H2. The summed E-state index contributed by atoms with van der Waals surface area (Å²) in [7, 11) is 0. The molecule has 0 unspecified atom stereocenters. The van der Waals surface area contributed by atoms with Crippen molar-refractivity contribution in [1.82, 2.24) is 4.98 Å². The Morgan fingerprint density at radius 2 is 1.81 bits per heavy atom. The maximum Gasteiger partial charge on any atom is 0.437 e. The number of benzene rings is 1. The van der Waals surface area contributed by atoms with Crippen LogP contribution in [0.1, 0.15) is 18.5 Å². The van der Waals surface area contributed by atoms with E-state index in [0.717, 1.165) is 5.56 Å². The third kappa shape index (κ3) is 2.62. The lowest BCUT2D eigenvalue weighted by molar-refractivity contribution is -0.178. The molecule has 1 saturated heterocycles. The zero-order valence-corrected chi connectivity index (χ0v) is 13.6. The van der Waals surface area contributed by atoms with Crippen LogP contribution in [-0.2, 0) is 0 Å². The first-order valence-corrected chi connectivity index (χ1v) is 8.17. The van der Waals surface area contributed by atoms with E-state index >= 15 is 0 Å². The molecule has 3 heterocycles. The van der Waals surface area contributed by atoms with Crippen LogP contribution < -0.4 is 4.90 Å². The Morgan fingerprint density at radius 3 is 2.35 bits per heavy atom. The molecule has 1 aromatic carbocycles. The topological polar surface area (TPSA) is 77.8 Å². The van der Waals surface area contributed by atoms with Gasteiger partial charge in [-0.25, -0.2) is 0 Å². The average Bonchev–Trinajstić information content (AvgIpc) is 3.36. The Hall–Kier alpha value is -2.89. The highest BCUT2D eigenvalue weighted by atomic mass is 19.4. The molecule has 2 aromatic rings. The quantitative estimate of drug-likeness (QED) is 0.823. The summed E-state index contributed by atoms with van der Waals surface area (Å²) in [5.41, 5.74) is -1.36. The Morgan fingerprint density at radius 1 is 1.15 bits per heavy atom. The Kier molecular flexibility index (Phi) is 3.72. The lowest BCUT2D eigenvalue weighted by Crippen LogP contribution is -2.46. The van der Waals surface area contributed by atoms with Gasteiger partial charge in [-0.1, -0.05) is 18.2 Å². The van der Waals surface area contributed by atoms with Crippen LogP contribution in [0, 0.1) is 17.2 Å². The Labute approximate surface area is 147 Å². The monoisotopic (exact) mass is 361 g/mol. The fourth-order valence-corrected chi connectivity index (χ4v) is 3.35. The molecule has 0 radical (unpaired) electrons. The third-order valence-corrected chi connectivity index (χ3v) is 4.82. The lowest BCUT2D eigenvalue weighted by Gasteiger charge is -2.34. The number of nitriles is 1. The van der Waals surface area contributed by atoms with Gasteiger partial charge in [0.2, 0.25) is 17.5 Å². The number of nitrogens with zero attached hydrogens (tertiary/aromatic N) is 5. The highest BCUT2D eigenvalue weighted by molar-refractivity contribution is 5.59. The van der Waals surface area contributed by atoms with Crippen LogP contribution in [0.15, 0.2) is 45.0 Å². The first-order chi connectivity index (χ1) is 12.4. The lowest BCUT2D eigenvalue weighted by atomic mass is 9.86. The molecule has 4 rings (SSSR count). The summed E-state index contributed by atoms with van der Waals surface area (Å²) in [6.07, 6.45) is -3.93. The van der Waals surface area contributed by atoms with Crippen molar-refractivity contribution in [3.63, 3.8) is 0 Å². The fourth-order valence-electron chi connectivity index (χ4n) is 3.35. The fraction of sp³-hybridized carbons (Fsp3) is 0.412. The SMILES string of the molecule is N#Cc1nc(-c2ccccc2)oc1N1CCC(C2(C(F)(F)F)N=N2)CC1. The van der Waals surface area contributed by atoms with E-state index in [9.17, 15) is 18.4 Å². The van der Waals surface area contributed by atoms with Gasteiger partial charge in [-0.05, 0) is 25.0 Å². The third-order valence-electron chi connectivity index (χ3n) is 4.82. The molecule has 0 spiro atoms. The summed E-state index contributed by atoms with van der Waals surface area (Å²) >= 11 is 0. The second-order valence-electron chi connectivity index (χ2n) is 6.34. The molecule has 1 fully saturated rings. The van der Waals surface area contributed by atoms with Crippen molar-refractivity contribution in [3.05, 3.63) is 36.0 Å². The zero-order chi connectivity index (χ0) is 18.4. The molecule has 0 bridgehead atoms. The number of halogens is 3. The molecule has 0 aliphatic carbocycles. The highest BCUT2D eigenvalue weighted by Gasteiger charge is 2.68. The minimum absolute atomic E-state index is 0.133. The molecule has 26 heavy (non-hydrogen) atoms. The van der Waals surface area contributed by atoms with Gasteiger partial charge >= 0.3 is 6.18 Å². The van der Waals surface area contributed by atoms with Crippen LogP contribution >= 0.6 is 0 Å². The first-order valence-electron chi connectivity index (χ1n) is 8.17. The average molecular weight is 361 g/mol. The number of hydrogen-bond donors (Lipinski definition) is 0. The maximum atomic E-state index is 13.1. The van der Waals surface area contributed by atoms with Crippen LogP contribution in [0.3, 0.4) is 0 Å². The van der Waals surface area contributed by atoms with E-state index in [2.05, 4.69) is 15.2 Å². The van der Waals surface area contributed by atoms with Crippen molar-refractivity contribution >= 4 is 5.88 Å². The molecule has 134 valence electrons. The molecule has 2 aliphatic heterocycles. The van der Waals surface area contributed by atoms with Crippen molar-refractivity contribution < 1.29 is 17.6 Å². The largest absolute Gasteiger partial charge is 0.437 e. The molecule has 6 nitrogen and oxygen atoms in total. The Balaban J connectivity index is 1.52. The minimum Gasteiger partial charge on any atom is -0.419 e. The van der Waals surface area contributed by atoms with Crippen molar-refractivity contribution in [1.29, 1.82) is 5.26 Å². The number of hydrogen-bond acceptors (Lipinski definition) is 6. The van der Waals surface area contributed by atoms with Crippen molar-refractivity contribution in [2.45, 2.75) is 24.7 Å². The number of oxazole rings is 1. The van der Waals surface area contributed by atoms with Gasteiger partial charge in [-0.2, -0.15) is 23.4 Å². The molecule has 0 amide bonds. The molecular formula is C17H14F3N5O. The predicted molar refractivity (Wildman–Crippen MR) is 85.2 cm³/mol. The van der Waals surface area contributed by atoms with Crippen molar-refractivity contribution in [2.24, 2.45) is 16.1 Å². The smallest absolute Gasteiger partial charge is 0.419 e. The molecular weight excluding hydrogens is 347 g/mol. The normalized spacial score (nSPS) is 19.4. The van der Waals surface area contributed by atoms with Crippen LogP contribution in [0.4, 0.5) is 19.1 Å². The summed E-state index contributed by atoms with van der Waals surface area (Å²) in [6.45, 7) is 0.650. The van der Waals surface area contributed by atoms with Crippen molar-refractivity contribution in [3.8, 4) is 17.5 Å². The summed E-state index contributed by atoms with van der Waals surface area (Å²) < 4.78 is 45.2. The van der Waals surface area contributed by atoms with Gasteiger partial charge in [0.05, 0.1) is 0 Å². The van der Waals surface area contributed by atoms with Crippen molar-refractivity contribution in [2.75, 3.05) is 18.0 Å². The number of alkyl halides is 3. The van der Waals surface area contributed by atoms with E-state index in [4.69, 9.17) is 4.42 Å². The van der Waals surface area contributed by atoms with Gasteiger partial charge in [0.15, 0.2) is 0 Å². The van der Waals surface area contributed by atoms with E-state index in [-0.39, 0.29) is 18.5 Å². The molecule has 0 atom stereocenters. The highest BCUT2D eigenvalue weighted by Crippen LogP contribution is 2.52. The second kappa shape index (κ2) is 5.83. The summed E-state index contributed by atoms with van der Waals surface area (Å²) in [5.74, 6) is -0.0606. The van der Waals surface area contributed by atoms with Gasteiger partial charge < -0.3 is 9.32 Å². The maximum absolute atomic E-state index is 13.1. The predicted octanol–water partition coefficient (Wildman–Crippen LogP) is 4.15. The van der Waals surface area contributed by atoms with E-state index in [1.807, 2.05) is 36.4 Å². The number of rotatable bonds is 3. The van der Waals surface area contributed by atoms with Gasteiger partial charge in [0, 0.05) is 24.6 Å². The molecule has 1 aromatic heterocycles. The van der Waals surface area contributed by atoms with Crippen LogP contribution in [0.25, 0.3) is 11.5 Å². The first kappa shape index (κ1) is 16.6. The number of piperidine rings is 1. The van der Waals surface area contributed by atoms with Gasteiger partial charge in [-0.15, -0.1) is 10.2 Å². The second-order valence-corrected chi connectivity index (χ2v) is 6.34. The zero-order valence-electron chi connectivity index (χ0n) is 13.6. The van der Waals surface area contributed by atoms with E-state index in [1.165, 1.54) is 0 Å². The summed E-state index contributed by atoms with van der Waals surface area (Å²) in [6, 6.07) is 11.1. The van der Waals surface area contributed by atoms with Gasteiger partial charge in [0.1, 0.15) is 6.07 Å². The molecule has 9 heteroatoms. The van der Waals surface area contributed by atoms with E-state index in [0.29, 0.717) is 24.9 Å². The molecule has 0 saturated carbocycles. The Bertz CT molecular complexity index is 870. The number of anilines is 1. The summed E-state index contributed by atoms with van der Waals surface area (Å²) in [5, 5.41) is 15.9. The van der Waals surface area contributed by atoms with Crippen LogP contribution in [-0.4, -0.2) is 29.9 Å². The van der Waals surface area contributed by atoms with Crippen LogP contribution in [0.5, 0.6) is 0 Å². The van der Waals surface area contributed by atoms with E-state index < -0.39 is 17.8 Å². The number of aromatic nitrogens is 1. The summed E-state index contributed by atoms with van der Waals surface area (Å²) in [4.78, 5) is 5.97. The van der Waals surface area contributed by atoms with E-state index in [1.54, 1.807) is 4.90 Å². The molecule has 2 aliphatic rings. The molecule has 0 N–H and O–H groups in total. The van der Waals surface area contributed by atoms with Gasteiger partial charge in [-0.3, -0.25) is 0 Å². The minimum atomic E-state index is -4.45. The van der Waals surface area contributed by atoms with Gasteiger partial charge in [0.25, 0.3) is 5.66 Å².